The van der Waals surface area contributed by atoms with E-state index in [4.69, 9.17) is 9.47 Å². The van der Waals surface area contributed by atoms with E-state index in [1.54, 1.807) is 23.1 Å². The highest BCUT2D eigenvalue weighted by Crippen LogP contribution is 2.32. The second-order valence-electron chi connectivity index (χ2n) is 5.71. The average Bonchev–Trinajstić information content (AvgIpc) is 3.22. The van der Waals surface area contributed by atoms with E-state index in [0.29, 0.717) is 30.0 Å². The van der Waals surface area contributed by atoms with Crippen molar-refractivity contribution < 1.29 is 19.1 Å². The van der Waals surface area contributed by atoms with Crippen LogP contribution in [0.3, 0.4) is 0 Å². The molecule has 2 heterocycles. The molecule has 2 aliphatic rings. The Morgan fingerprint density at radius 3 is 2.71 bits per heavy atom. The Balaban J connectivity index is 1.46. The van der Waals surface area contributed by atoms with E-state index in [-0.39, 0.29) is 18.6 Å². The Kier molecular flexibility index (Phi) is 3.57. The van der Waals surface area contributed by atoms with Gasteiger partial charge in [0.15, 0.2) is 11.5 Å². The van der Waals surface area contributed by atoms with E-state index in [2.05, 4.69) is 5.32 Å². The Labute approximate surface area is 139 Å². The lowest BCUT2D eigenvalue weighted by molar-refractivity contribution is -0.118. The van der Waals surface area contributed by atoms with Crippen molar-refractivity contribution >= 4 is 17.5 Å². The van der Waals surface area contributed by atoms with Gasteiger partial charge in [0.2, 0.25) is 12.7 Å². The van der Waals surface area contributed by atoms with E-state index < -0.39 is 6.04 Å². The summed E-state index contributed by atoms with van der Waals surface area (Å²) in [5.41, 5.74) is 1.30. The fraction of sp³-hybridized carbons (Fsp3) is 0.222. The van der Waals surface area contributed by atoms with Crippen LogP contribution in [0.2, 0.25) is 0 Å². The van der Waals surface area contributed by atoms with Crippen LogP contribution in [0.5, 0.6) is 11.5 Å². The number of carbonyl (C=O) groups excluding carboxylic acids is 2. The zero-order valence-corrected chi connectivity index (χ0v) is 12.9. The first-order chi connectivity index (χ1) is 11.7. The van der Waals surface area contributed by atoms with Crippen LogP contribution in [0.4, 0.5) is 5.69 Å². The van der Waals surface area contributed by atoms with Crippen molar-refractivity contribution in [3.63, 3.8) is 0 Å². The van der Waals surface area contributed by atoms with Crippen molar-refractivity contribution in [2.24, 2.45) is 0 Å². The molecule has 1 fully saturated rings. The predicted octanol–water partition coefficient (Wildman–Crippen LogP) is 1.95. The molecule has 0 aliphatic carbocycles. The fourth-order valence-electron chi connectivity index (χ4n) is 2.96. The van der Waals surface area contributed by atoms with Crippen LogP contribution < -0.4 is 19.7 Å². The molecular formula is C18H16N2O4. The third-order valence-electron chi connectivity index (χ3n) is 4.21. The molecule has 0 radical (unpaired) electrons. The van der Waals surface area contributed by atoms with Crippen molar-refractivity contribution in [3.05, 3.63) is 54.1 Å². The quantitative estimate of drug-likeness (QED) is 0.937. The minimum absolute atomic E-state index is 0.0877. The van der Waals surface area contributed by atoms with Gasteiger partial charge < -0.3 is 19.7 Å². The smallest absolute Gasteiger partial charge is 0.252 e. The molecule has 0 unspecified atom stereocenters. The molecule has 1 saturated heterocycles. The van der Waals surface area contributed by atoms with Crippen molar-refractivity contribution in [2.45, 2.75) is 12.5 Å². The zero-order valence-electron chi connectivity index (χ0n) is 12.9. The molecule has 24 heavy (non-hydrogen) atoms. The van der Waals surface area contributed by atoms with Gasteiger partial charge in [0.1, 0.15) is 6.04 Å². The molecule has 6 nitrogen and oxygen atoms in total. The first kappa shape index (κ1) is 14.6. The Morgan fingerprint density at radius 2 is 1.88 bits per heavy atom. The third kappa shape index (κ3) is 2.56. The summed E-state index contributed by atoms with van der Waals surface area (Å²) in [4.78, 5) is 26.6. The largest absolute Gasteiger partial charge is 0.454 e. The summed E-state index contributed by atoms with van der Waals surface area (Å²) in [7, 11) is 0. The Bertz CT molecular complexity index is 791. The summed E-state index contributed by atoms with van der Waals surface area (Å²) in [5, 5.41) is 2.81. The van der Waals surface area contributed by atoms with Gasteiger partial charge in [-0.05, 0) is 36.8 Å². The maximum atomic E-state index is 12.5. The fourth-order valence-corrected chi connectivity index (χ4v) is 2.96. The lowest BCUT2D eigenvalue weighted by atomic mass is 10.1. The molecule has 6 heteroatoms. The van der Waals surface area contributed by atoms with Gasteiger partial charge in [-0.15, -0.1) is 0 Å². The molecule has 0 bridgehead atoms. The van der Waals surface area contributed by atoms with E-state index in [9.17, 15) is 9.59 Å². The van der Waals surface area contributed by atoms with Gasteiger partial charge in [-0.25, -0.2) is 0 Å². The number of hydrogen-bond acceptors (Lipinski definition) is 4. The van der Waals surface area contributed by atoms with Crippen LogP contribution in [0, 0.1) is 0 Å². The van der Waals surface area contributed by atoms with Gasteiger partial charge in [-0.1, -0.05) is 18.2 Å². The molecule has 4 rings (SSSR count). The monoisotopic (exact) mass is 324 g/mol. The number of ether oxygens (including phenoxy) is 2. The summed E-state index contributed by atoms with van der Waals surface area (Å²) >= 11 is 0. The van der Waals surface area contributed by atoms with Crippen molar-refractivity contribution in [2.75, 3.05) is 18.2 Å². The minimum Gasteiger partial charge on any atom is -0.454 e. The predicted molar refractivity (Wildman–Crippen MR) is 87.2 cm³/mol. The number of nitrogens with zero attached hydrogens (tertiary/aromatic N) is 1. The summed E-state index contributed by atoms with van der Waals surface area (Å²) < 4.78 is 10.5. The highest BCUT2D eigenvalue weighted by molar-refractivity contribution is 6.04. The van der Waals surface area contributed by atoms with Crippen molar-refractivity contribution in [1.29, 1.82) is 0 Å². The second-order valence-corrected chi connectivity index (χ2v) is 5.71. The molecule has 0 saturated carbocycles. The van der Waals surface area contributed by atoms with Crippen LogP contribution >= 0.6 is 0 Å². The molecule has 1 atom stereocenters. The highest BCUT2D eigenvalue weighted by Gasteiger charge is 2.33. The number of fused-ring (bicyclic) bond motifs is 1. The molecule has 122 valence electrons. The number of amides is 2. The van der Waals surface area contributed by atoms with Crippen LogP contribution in [0.15, 0.2) is 48.5 Å². The molecule has 1 N–H and O–H groups in total. The zero-order chi connectivity index (χ0) is 16.5. The van der Waals surface area contributed by atoms with Gasteiger partial charge in [-0.2, -0.15) is 0 Å². The molecule has 2 aromatic carbocycles. The SMILES string of the molecule is O=C(N[C@H]1CCN(c2ccccc2)C1=O)c1ccc2c(c1)OCO2. The highest BCUT2D eigenvalue weighted by atomic mass is 16.7. The van der Waals surface area contributed by atoms with E-state index in [0.717, 1.165) is 5.69 Å². The second kappa shape index (κ2) is 5.88. The van der Waals surface area contributed by atoms with Crippen LogP contribution in [-0.2, 0) is 4.79 Å². The average molecular weight is 324 g/mol. The maximum Gasteiger partial charge on any atom is 0.252 e. The van der Waals surface area contributed by atoms with Crippen molar-refractivity contribution in [3.8, 4) is 11.5 Å². The summed E-state index contributed by atoms with van der Waals surface area (Å²) in [6.45, 7) is 0.752. The standard InChI is InChI=1S/C18H16N2O4/c21-17(12-6-7-15-16(10-12)24-11-23-15)19-14-8-9-20(18(14)22)13-4-2-1-3-5-13/h1-7,10,14H,8-9,11H2,(H,19,21)/t14-/m0/s1. The number of benzene rings is 2. The number of rotatable bonds is 3. The number of hydrogen-bond donors (Lipinski definition) is 1. The van der Waals surface area contributed by atoms with E-state index >= 15 is 0 Å². The van der Waals surface area contributed by atoms with E-state index in [1.165, 1.54) is 0 Å². The molecule has 2 aliphatic heterocycles. The van der Waals surface area contributed by atoms with Crippen molar-refractivity contribution in [1.82, 2.24) is 5.32 Å². The first-order valence-corrected chi connectivity index (χ1v) is 7.79. The normalized spacial score (nSPS) is 18.8. The van der Waals surface area contributed by atoms with Crippen LogP contribution in [0.1, 0.15) is 16.8 Å². The third-order valence-corrected chi connectivity index (χ3v) is 4.21. The number of anilines is 1. The van der Waals surface area contributed by atoms with Gasteiger partial charge in [-0.3, -0.25) is 9.59 Å². The maximum absolute atomic E-state index is 12.5. The molecule has 2 aromatic rings. The van der Waals surface area contributed by atoms with E-state index in [1.807, 2.05) is 30.3 Å². The summed E-state index contributed by atoms with van der Waals surface area (Å²) in [6.07, 6.45) is 0.587. The topological polar surface area (TPSA) is 67.9 Å². The first-order valence-electron chi connectivity index (χ1n) is 7.79. The Morgan fingerprint density at radius 1 is 1.08 bits per heavy atom. The lowest BCUT2D eigenvalue weighted by Gasteiger charge is -2.17. The van der Waals surface area contributed by atoms with Gasteiger partial charge >= 0.3 is 0 Å². The van der Waals surface area contributed by atoms with Crippen LogP contribution in [-0.4, -0.2) is 31.2 Å². The van der Waals surface area contributed by atoms with Crippen LogP contribution in [0.25, 0.3) is 0 Å². The number of nitrogens with one attached hydrogen (secondary N) is 1. The molecule has 2 amide bonds. The molecule has 0 spiro atoms. The number of para-hydroxylation sites is 1. The summed E-state index contributed by atoms with van der Waals surface area (Å²) in [6, 6.07) is 13.9. The minimum atomic E-state index is -0.511. The molecule has 0 aromatic heterocycles. The van der Waals surface area contributed by atoms with Gasteiger partial charge in [0.05, 0.1) is 0 Å². The van der Waals surface area contributed by atoms with Gasteiger partial charge in [0, 0.05) is 17.8 Å². The lowest BCUT2D eigenvalue weighted by Crippen LogP contribution is -2.41. The molecular weight excluding hydrogens is 308 g/mol. The Hall–Kier alpha value is -3.02. The summed E-state index contributed by atoms with van der Waals surface area (Å²) in [5.74, 6) is 0.793. The van der Waals surface area contributed by atoms with Gasteiger partial charge in [0.25, 0.3) is 5.91 Å². The number of carbonyl (C=O) groups is 2.